The lowest BCUT2D eigenvalue weighted by molar-refractivity contribution is -0.192. The van der Waals surface area contributed by atoms with Crippen LogP contribution in [0.3, 0.4) is 0 Å². The molecule has 0 bridgehead atoms. The number of hydrogen-bond acceptors (Lipinski definition) is 4. The summed E-state index contributed by atoms with van der Waals surface area (Å²) in [7, 11) is 0. The minimum Gasteiger partial charge on any atom is -0.475 e. The van der Waals surface area contributed by atoms with Gasteiger partial charge in [-0.3, -0.25) is 4.79 Å². The number of carbonyl (C=O) groups is 2. The standard InChI is InChI=1S/C24H23N3O.C2HF3O2/c1-17(2)26-16-19-6-4-7-21(14-19)20-9-11-23(12-10-20)27-24(28)22-8-3-5-18(13-22)15-25;3-2(4,5)1(6)7/h3-14,17,26H,16H2,1-2H3,(H,27,28);(H,6,7). The van der Waals surface area contributed by atoms with Gasteiger partial charge in [-0.15, -0.1) is 0 Å². The summed E-state index contributed by atoms with van der Waals surface area (Å²) < 4.78 is 31.7. The van der Waals surface area contributed by atoms with E-state index < -0.39 is 12.1 Å². The van der Waals surface area contributed by atoms with Crippen molar-refractivity contribution in [3.05, 3.63) is 89.5 Å². The number of nitrogens with zero attached hydrogens (tertiary/aromatic N) is 1. The van der Waals surface area contributed by atoms with Gasteiger partial charge in [0, 0.05) is 23.8 Å². The lowest BCUT2D eigenvalue weighted by atomic mass is 10.0. The van der Waals surface area contributed by atoms with Gasteiger partial charge in [0.1, 0.15) is 0 Å². The predicted octanol–water partition coefficient (Wildman–Crippen LogP) is 5.61. The largest absolute Gasteiger partial charge is 0.490 e. The van der Waals surface area contributed by atoms with E-state index in [0.717, 1.165) is 17.7 Å². The number of alkyl halides is 3. The molecule has 0 heterocycles. The molecule has 0 saturated carbocycles. The summed E-state index contributed by atoms with van der Waals surface area (Å²) in [4.78, 5) is 21.3. The number of benzene rings is 3. The summed E-state index contributed by atoms with van der Waals surface area (Å²) in [5.74, 6) is -2.99. The molecule has 3 aromatic rings. The highest BCUT2D eigenvalue weighted by Crippen LogP contribution is 2.23. The molecular weight excluding hydrogens is 459 g/mol. The average molecular weight is 483 g/mol. The average Bonchev–Trinajstić information content (AvgIpc) is 2.83. The Hall–Kier alpha value is -4.16. The van der Waals surface area contributed by atoms with Crippen molar-refractivity contribution in [3.8, 4) is 17.2 Å². The van der Waals surface area contributed by atoms with Gasteiger partial charge in [-0.2, -0.15) is 18.4 Å². The maximum absolute atomic E-state index is 12.4. The van der Waals surface area contributed by atoms with Crippen LogP contribution in [0.1, 0.15) is 35.3 Å². The third-order valence-electron chi connectivity index (χ3n) is 4.61. The van der Waals surface area contributed by atoms with E-state index in [1.165, 1.54) is 5.56 Å². The molecule has 0 aliphatic carbocycles. The Morgan fingerprint density at radius 1 is 0.971 bits per heavy atom. The molecule has 0 unspecified atom stereocenters. The molecule has 0 saturated heterocycles. The molecule has 0 aliphatic rings. The number of carboxylic acid groups (broad SMARTS) is 1. The zero-order valence-corrected chi connectivity index (χ0v) is 19.1. The quantitative estimate of drug-likeness (QED) is 0.423. The highest BCUT2D eigenvalue weighted by molar-refractivity contribution is 6.04. The minimum absolute atomic E-state index is 0.230. The second kappa shape index (κ2) is 12.3. The number of halogens is 3. The van der Waals surface area contributed by atoms with Gasteiger partial charge in [-0.1, -0.05) is 50.2 Å². The summed E-state index contributed by atoms with van der Waals surface area (Å²) >= 11 is 0. The van der Waals surface area contributed by atoms with E-state index in [2.05, 4.69) is 48.7 Å². The van der Waals surface area contributed by atoms with Crippen molar-refractivity contribution < 1.29 is 27.9 Å². The molecule has 0 aliphatic heterocycles. The van der Waals surface area contributed by atoms with E-state index in [4.69, 9.17) is 15.2 Å². The molecule has 3 aromatic carbocycles. The van der Waals surface area contributed by atoms with Crippen LogP contribution in [0.5, 0.6) is 0 Å². The molecule has 182 valence electrons. The van der Waals surface area contributed by atoms with Gasteiger partial charge in [0.15, 0.2) is 0 Å². The van der Waals surface area contributed by atoms with Crippen molar-refractivity contribution >= 4 is 17.6 Å². The number of amides is 1. The van der Waals surface area contributed by atoms with Gasteiger partial charge >= 0.3 is 12.1 Å². The lowest BCUT2D eigenvalue weighted by Gasteiger charge is -2.10. The van der Waals surface area contributed by atoms with Crippen LogP contribution in [0, 0.1) is 11.3 Å². The molecule has 3 N–H and O–H groups in total. The molecule has 0 radical (unpaired) electrons. The molecule has 35 heavy (non-hydrogen) atoms. The molecule has 0 atom stereocenters. The summed E-state index contributed by atoms with van der Waals surface area (Å²) in [5.41, 5.74) is 5.12. The Morgan fingerprint density at radius 3 is 2.17 bits per heavy atom. The monoisotopic (exact) mass is 483 g/mol. The smallest absolute Gasteiger partial charge is 0.475 e. The third-order valence-corrected chi connectivity index (χ3v) is 4.61. The van der Waals surface area contributed by atoms with E-state index in [-0.39, 0.29) is 5.91 Å². The topological polar surface area (TPSA) is 102 Å². The van der Waals surface area contributed by atoms with Crippen LogP contribution in [0.2, 0.25) is 0 Å². The maximum atomic E-state index is 12.4. The van der Waals surface area contributed by atoms with Crippen LogP contribution in [0.4, 0.5) is 18.9 Å². The first-order valence-corrected chi connectivity index (χ1v) is 10.5. The Balaban J connectivity index is 0.000000540. The van der Waals surface area contributed by atoms with E-state index >= 15 is 0 Å². The fraction of sp³-hybridized carbons (Fsp3) is 0.192. The van der Waals surface area contributed by atoms with E-state index in [9.17, 15) is 18.0 Å². The summed E-state index contributed by atoms with van der Waals surface area (Å²) in [6.07, 6.45) is -5.08. The summed E-state index contributed by atoms with van der Waals surface area (Å²) in [6.45, 7) is 5.10. The van der Waals surface area contributed by atoms with Gasteiger partial charge in [0.05, 0.1) is 11.6 Å². The first kappa shape index (κ1) is 27.1. The highest BCUT2D eigenvalue weighted by atomic mass is 19.4. The minimum atomic E-state index is -5.08. The van der Waals surface area contributed by atoms with Crippen molar-refractivity contribution in [3.63, 3.8) is 0 Å². The Morgan fingerprint density at radius 2 is 1.60 bits per heavy atom. The first-order valence-electron chi connectivity index (χ1n) is 10.5. The van der Waals surface area contributed by atoms with Crippen molar-refractivity contribution in [2.24, 2.45) is 0 Å². The zero-order valence-electron chi connectivity index (χ0n) is 19.1. The SMILES string of the molecule is CC(C)NCc1cccc(-c2ccc(NC(=O)c3cccc(C#N)c3)cc2)c1.O=C(O)C(F)(F)F. The molecule has 0 spiro atoms. The molecular formula is C26H24F3N3O3. The third kappa shape index (κ3) is 8.95. The van der Waals surface area contributed by atoms with Crippen LogP contribution in [0.25, 0.3) is 11.1 Å². The number of rotatable bonds is 6. The van der Waals surface area contributed by atoms with Crippen LogP contribution >= 0.6 is 0 Å². The van der Waals surface area contributed by atoms with Crippen LogP contribution in [-0.4, -0.2) is 29.2 Å². The fourth-order valence-electron chi connectivity index (χ4n) is 2.86. The van der Waals surface area contributed by atoms with Crippen molar-refractivity contribution in [1.82, 2.24) is 5.32 Å². The van der Waals surface area contributed by atoms with Crippen LogP contribution < -0.4 is 10.6 Å². The molecule has 6 nitrogen and oxygen atoms in total. The molecule has 3 rings (SSSR count). The number of nitriles is 1. The number of carbonyl (C=O) groups excluding carboxylic acids is 1. The van der Waals surface area contributed by atoms with Gasteiger partial charge in [0.2, 0.25) is 0 Å². The first-order chi connectivity index (χ1) is 16.5. The number of nitrogens with one attached hydrogen (secondary N) is 2. The zero-order chi connectivity index (χ0) is 26.0. The molecule has 0 aromatic heterocycles. The maximum Gasteiger partial charge on any atom is 0.490 e. The van der Waals surface area contributed by atoms with E-state index in [1.807, 2.05) is 30.3 Å². The van der Waals surface area contributed by atoms with Crippen molar-refractivity contribution in [2.75, 3.05) is 5.32 Å². The Kier molecular flexibility index (Phi) is 9.55. The van der Waals surface area contributed by atoms with Gasteiger partial charge < -0.3 is 15.7 Å². The van der Waals surface area contributed by atoms with Gasteiger partial charge in [0.25, 0.3) is 5.91 Å². The highest BCUT2D eigenvalue weighted by Gasteiger charge is 2.38. The number of anilines is 1. The normalized spacial score (nSPS) is 10.7. The summed E-state index contributed by atoms with van der Waals surface area (Å²) in [5, 5.41) is 22.4. The molecule has 0 fully saturated rings. The second-order valence-electron chi connectivity index (χ2n) is 7.76. The van der Waals surface area contributed by atoms with Crippen molar-refractivity contribution in [1.29, 1.82) is 5.26 Å². The Bertz CT molecular complexity index is 1200. The van der Waals surface area contributed by atoms with Crippen LogP contribution in [0.15, 0.2) is 72.8 Å². The number of aliphatic carboxylic acids is 1. The van der Waals surface area contributed by atoms with Crippen molar-refractivity contribution in [2.45, 2.75) is 32.6 Å². The summed E-state index contributed by atoms with van der Waals surface area (Å²) in [6, 6.07) is 25.4. The fourth-order valence-corrected chi connectivity index (χ4v) is 2.86. The van der Waals surface area contributed by atoms with E-state index in [0.29, 0.717) is 22.9 Å². The second-order valence-corrected chi connectivity index (χ2v) is 7.76. The predicted molar refractivity (Wildman–Crippen MR) is 127 cm³/mol. The van der Waals surface area contributed by atoms with Gasteiger partial charge in [-0.05, 0) is 53.1 Å². The molecule has 9 heteroatoms. The molecule has 1 amide bonds. The van der Waals surface area contributed by atoms with Gasteiger partial charge in [-0.25, -0.2) is 4.79 Å². The Labute approximate surface area is 201 Å². The lowest BCUT2D eigenvalue weighted by Crippen LogP contribution is -2.21. The number of carboxylic acids is 1. The van der Waals surface area contributed by atoms with Crippen LogP contribution in [-0.2, 0) is 11.3 Å². The number of hydrogen-bond donors (Lipinski definition) is 3. The van der Waals surface area contributed by atoms with E-state index in [1.54, 1.807) is 24.3 Å².